The summed E-state index contributed by atoms with van der Waals surface area (Å²) in [6.45, 7) is 10.5. The standard InChI is InChI=1S/C10H18O4.2C3H6/c11-9(12)7-5-3-1-2-4-6-8-10(13)14;2*1-3-2/h1-8H2,(H,11,12)(H,13,14);2*3H,1H2,2H3/p-2. The Balaban J connectivity index is -0.000000408. The number of carbonyl (C=O) groups is 2. The van der Waals surface area contributed by atoms with Crippen LogP contribution in [0.1, 0.15) is 65.2 Å². The number of carbonyl (C=O) groups excluding carboxylic acids is 2. The predicted octanol–water partition coefficient (Wildman–Crippen LogP) is 1.99. The number of unbranched alkanes of at least 4 members (excludes halogenated alkanes) is 5. The van der Waals surface area contributed by atoms with Gasteiger partial charge in [0.2, 0.25) is 0 Å². The summed E-state index contributed by atoms with van der Waals surface area (Å²) in [6.07, 6.45) is 8.73. The molecule has 0 amide bonds. The first-order valence-corrected chi connectivity index (χ1v) is 6.99. The van der Waals surface area contributed by atoms with Gasteiger partial charge in [-0.1, -0.05) is 37.8 Å². The van der Waals surface area contributed by atoms with Gasteiger partial charge in [-0.3, -0.25) is 0 Å². The second-order valence-electron chi connectivity index (χ2n) is 4.18. The summed E-state index contributed by atoms with van der Waals surface area (Å²) in [6, 6.07) is 0. The van der Waals surface area contributed by atoms with Gasteiger partial charge in [0.05, 0.1) is 0 Å². The molecule has 0 unspecified atom stereocenters. The number of allylic oxidation sites excluding steroid dienone is 2. The van der Waals surface area contributed by atoms with Crippen molar-refractivity contribution in [3.63, 3.8) is 0 Å². The minimum Gasteiger partial charge on any atom is -0.550 e. The van der Waals surface area contributed by atoms with Crippen LogP contribution in [0.5, 0.6) is 0 Å². The van der Waals surface area contributed by atoms with Crippen molar-refractivity contribution in [2.24, 2.45) is 0 Å². The first-order chi connectivity index (χ1) is 9.45. The Labute approximate surface area is 123 Å². The largest absolute Gasteiger partial charge is 0.550 e. The lowest BCUT2D eigenvalue weighted by atomic mass is 10.1. The molecule has 0 fully saturated rings. The maximum absolute atomic E-state index is 10.0. The van der Waals surface area contributed by atoms with Gasteiger partial charge in [-0.25, -0.2) is 0 Å². The molecule has 0 aliphatic carbocycles. The van der Waals surface area contributed by atoms with Gasteiger partial charge >= 0.3 is 0 Å². The van der Waals surface area contributed by atoms with Gasteiger partial charge in [-0.2, -0.15) is 0 Å². The number of carboxylic acids is 2. The van der Waals surface area contributed by atoms with E-state index in [4.69, 9.17) is 0 Å². The van der Waals surface area contributed by atoms with E-state index < -0.39 is 11.9 Å². The first kappa shape index (κ1) is 23.5. The van der Waals surface area contributed by atoms with Gasteiger partial charge in [0, 0.05) is 11.9 Å². The Morgan fingerprint density at radius 1 is 0.750 bits per heavy atom. The molecule has 0 aromatic carbocycles. The Bertz CT molecular complexity index is 221. The lowest BCUT2D eigenvalue weighted by Crippen LogP contribution is -2.21. The molecule has 0 saturated carbocycles. The Kier molecular flexibility index (Phi) is 26.5. The fraction of sp³-hybridized carbons (Fsp3) is 0.625. The predicted molar refractivity (Wildman–Crippen MR) is 78.7 cm³/mol. The van der Waals surface area contributed by atoms with E-state index in [0.29, 0.717) is 12.8 Å². The van der Waals surface area contributed by atoms with Crippen LogP contribution in [0.25, 0.3) is 0 Å². The zero-order valence-electron chi connectivity index (χ0n) is 12.9. The zero-order chi connectivity index (χ0) is 16.2. The van der Waals surface area contributed by atoms with Gasteiger partial charge in [0.25, 0.3) is 0 Å². The van der Waals surface area contributed by atoms with Crippen LogP contribution in [-0.4, -0.2) is 11.9 Å². The van der Waals surface area contributed by atoms with Gasteiger partial charge < -0.3 is 19.8 Å². The van der Waals surface area contributed by atoms with E-state index in [1.807, 2.05) is 13.8 Å². The van der Waals surface area contributed by atoms with Crippen molar-refractivity contribution in [2.75, 3.05) is 0 Å². The van der Waals surface area contributed by atoms with E-state index in [0.717, 1.165) is 25.7 Å². The van der Waals surface area contributed by atoms with E-state index >= 15 is 0 Å². The van der Waals surface area contributed by atoms with Crippen LogP contribution in [-0.2, 0) is 9.59 Å². The summed E-state index contributed by atoms with van der Waals surface area (Å²) in [4.78, 5) is 20.1. The van der Waals surface area contributed by atoms with Crippen molar-refractivity contribution in [2.45, 2.75) is 65.2 Å². The summed E-state index contributed by atoms with van der Waals surface area (Å²) in [7, 11) is 0. The van der Waals surface area contributed by atoms with Crippen molar-refractivity contribution in [3.05, 3.63) is 25.3 Å². The molecule has 0 rings (SSSR count). The molecule has 0 N–H and O–H groups in total. The summed E-state index contributed by atoms with van der Waals surface area (Å²) >= 11 is 0. The molecule has 118 valence electrons. The van der Waals surface area contributed by atoms with Crippen LogP contribution >= 0.6 is 0 Å². The van der Waals surface area contributed by atoms with Crippen molar-refractivity contribution in [3.8, 4) is 0 Å². The molecule has 0 atom stereocenters. The molecular weight excluding hydrogens is 256 g/mol. The van der Waals surface area contributed by atoms with Crippen molar-refractivity contribution < 1.29 is 19.8 Å². The van der Waals surface area contributed by atoms with E-state index in [1.165, 1.54) is 0 Å². The molecule has 0 aromatic rings. The average Bonchev–Trinajstić information content (AvgIpc) is 2.34. The van der Waals surface area contributed by atoms with Gasteiger partial charge in [0.1, 0.15) is 0 Å². The van der Waals surface area contributed by atoms with Crippen LogP contribution in [0, 0.1) is 0 Å². The molecule has 4 heteroatoms. The second kappa shape index (κ2) is 22.6. The highest BCUT2D eigenvalue weighted by atomic mass is 16.4. The molecule has 0 aromatic heterocycles. The number of aliphatic carboxylic acids is 2. The molecule has 20 heavy (non-hydrogen) atoms. The Morgan fingerprint density at radius 2 is 0.950 bits per heavy atom. The summed E-state index contributed by atoms with van der Waals surface area (Å²) in [5.74, 6) is -2.00. The molecule has 4 nitrogen and oxygen atoms in total. The van der Waals surface area contributed by atoms with Gasteiger partial charge in [-0.15, -0.1) is 13.2 Å². The first-order valence-electron chi connectivity index (χ1n) is 6.99. The summed E-state index contributed by atoms with van der Waals surface area (Å²) in [5, 5.41) is 20.1. The lowest BCUT2D eigenvalue weighted by Gasteiger charge is -2.03. The lowest BCUT2D eigenvalue weighted by molar-refractivity contribution is -0.307. The number of hydrogen-bond acceptors (Lipinski definition) is 4. The topological polar surface area (TPSA) is 80.3 Å². The quantitative estimate of drug-likeness (QED) is 0.479. The third-order valence-electron chi connectivity index (χ3n) is 2.01. The third kappa shape index (κ3) is 44.0. The minimum absolute atomic E-state index is 0.124. The molecule has 0 heterocycles. The Hall–Kier alpha value is -1.58. The highest BCUT2D eigenvalue weighted by Crippen LogP contribution is 2.07. The SMILES string of the molecule is C=CC.C=CC.O=C([O-])CCCCCCCCC(=O)[O-]. The molecule has 0 aliphatic heterocycles. The second-order valence-corrected chi connectivity index (χ2v) is 4.18. The molecule has 0 bridgehead atoms. The molecule has 0 aliphatic rings. The molecular formula is C16H28O4-2. The highest BCUT2D eigenvalue weighted by molar-refractivity contribution is 5.64. The fourth-order valence-electron chi connectivity index (χ4n) is 1.25. The van der Waals surface area contributed by atoms with Crippen LogP contribution in [0.15, 0.2) is 25.3 Å². The van der Waals surface area contributed by atoms with E-state index in [1.54, 1.807) is 12.2 Å². The van der Waals surface area contributed by atoms with E-state index in [-0.39, 0.29) is 12.8 Å². The van der Waals surface area contributed by atoms with Crippen molar-refractivity contribution in [1.29, 1.82) is 0 Å². The van der Waals surface area contributed by atoms with E-state index in [9.17, 15) is 19.8 Å². The summed E-state index contributed by atoms with van der Waals surface area (Å²) in [5.41, 5.74) is 0. The van der Waals surface area contributed by atoms with Gasteiger partial charge in [-0.05, 0) is 39.5 Å². The number of rotatable bonds is 9. The summed E-state index contributed by atoms with van der Waals surface area (Å²) < 4.78 is 0. The highest BCUT2D eigenvalue weighted by Gasteiger charge is 1.92. The van der Waals surface area contributed by atoms with Crippen LogP contribution in [0.4, 0.5) is 0 Å². The van der Waals surface area contributed by atoms with Gasteiger partial charge in [0.15, 0.2) is 0 Å². The van der Waals surface area contributed by atoms with Crippen molar-refractivity contribution in [1.82, 2.24) is 0 Å². The monoisotopic (exact) mass is 284 g/mol. The average molecular weight is 284 g/mol. The molecule has 0 spiro atoms. The normalized spacial score (nSPS) is 8.30. The van der Waals surface area contributed by atoms with Crippen LogP contribution in [0.2, 0.25) is 0 Å². The van der Waals surface area contributed by atoms with Crippen molar-refractivity contribution >= 4 is 11.9 Å². The Morgan fingerprint density at radius 3 is 1.15 bits per heavy atom. The smallest absolute Gasteiger partial charge is 0.0414 e. The minimum atomic E-state index is -0.998. The van der Waals surface area contributed by atoms with E-state index in [2.05, 4.69) is 13.2 Å². The van der Waals surface area contributed by atoms with Crippen LogP contribution in [0.3, 0.4) is 0 Å². The molecule has 0 radical (unpaired) electrons. The fourth-order valence-corrected chi connectivity index (χ4v) is 1.25. The third-order valence-corrected chi connectivity index (χ3v) is 2.01. The molecule has 0 saturated heterocycles. The van der Waals surface area contributed by atoms with Crippen LogP contribution < -0.4 is 10.2 Å². The number of carboxylic acid groups (broad SMARTS) is 2. The maximum Gasteiger partial charge on any atom is 0.0414 e. The number of hydrogen-bond donors (Lipinski definition) is 0. The maximum atomic E-state index is 10.0. The zero-order valence-corrected chi connectivity index (χ0v) is 12.9.